The number of benzene rings is 1. The van der Waals surface area contributed by atoms with E-state index in [9.17, 15) is 9.59 Å². The number of carbonyl (C=O) groups is 2. The topological polar surface area (TPSA) is 88.7 Å². The van der Waals surface area contributed by atoms with E-state index in [1.165, 1.54) is 6.92 Å². The van der Waals surface area contributed by atoms with Crippen molar-refractivity contribution in [2.45, 2.75) is 53.2 Å². The van der Waals surface area contributed by atoms with E-state index in [-0.39, 0.29) is 0 Å². The van der Waals surface area contributed by atoms with Crippen molar-refractivity contribution in [2.24, 2.45) is 0 Å². The summed E-state index contributed by atoms with van der Waals surface area (Å²) in [4.78, 5) is 24.4. The number of ether oxygens (including phenoxy) is 2. The van der Waals surface area contributed by atoms with Gasteiger partial charge in [0.05, 0.1) is 0 Å². The molecule has 0 aliphatic rings. The Morgan fingerprint density at radius 2 is 1.48 bits per heavy atom. The van der Waals surface area contributed by atoms with Crippen molar-refractivity contribution in [3.05, 3.63) is 29.3 Å². The first-order chi connectivity index (χ1) is 11.9. The van der Waals surface area contributed by atoms with Gasteiger partial charge in [-0.2, -0.15) is 0 Å². The highest BCUT2D eigenvalue weighted by atomic mass is 16.7. The molecule has 25 heavy (non-hydrogen) atoms. The zero-order chi connectivity index (χ0) is 18.9. The van der Waals surface area contributed by atoms with Crippen molar-refractivity contribution in [3.63, 3.8) is 0 Å². The lowest BCUT2D eigenvalue weighted by molar-refractivity contribution is -0.219. The summed E-state index contributed by atoms with van der Waals surface area (Å²) < 4.78 is 10.7. The molecule has 0 spiro atoms. The Morgan fingerprint density at radius 3 is 1.92 bits per heavy atom. The highest BCUT2D eigenvalue weighted by Gasteiger charge is 2.35. The summed E-state index contributed by atoms with van der Waals surface area (Å²) in [7, 11) is 0. The Kier molecular flexibility index (Phi) is 8.37. The van der Waals surface area contributed by atoms with Crippen LogP contribution in [0, 0.1) is 0 Å². The molecule has 140 valence electrons. The predicted octanol–water partition coefficient (Wildman–Crippen LogP) is 2.75. The monoisotopic (exact) mass is 351 g/mol. The van der Waals surface area contributed by atoms with E-state index in [4.69, 9.17) is 9.47 Å². The Labute approximate surface area is 149 Å². The molecule has 1 rings (SSSR count). The molecular formula is C18H29N3O4. The normalized spacial score (nSPS) is 11.1. The van der Waals surface area contributed by atoms with E-state index >= 15 is 0 Å². The molecule has 0 radical (unpaired) electrons. The van der Waals surface area contributed by atoms with Crippen LogP contribution >= 0.6 is 0 Å². The summed E-state index contributed by atoms with van der Waals surface area (Å²) in [5.74, 6) is -2.03. The van der Waals surface area contributed by atoms with Gasteiger partial charge in [-0.1, -0.05) is 32.0 Å². The van der Waals surface area contributed by atoms with E-state index in [0.717, 1.165) is 29.7 Å². The van der Waals surface area contributed by atoms with Crippen molar-refractivity contribution in [1.82, 2.24) is 10.9 Å². The number of aryl methyl sites for hydroxylation is 2. The van der Waals surface area contributed by atoms with E-state index in [2.05, 4.69) is 16.2 Å². The minimum absolute atomic E-state index is 0.305. The maximum Gasteiger partial charge on any atom is 0.337 e. The maximum absolute atomic E-state index is 12.2. The molecule has 0 aromatic heterocycles. The average molecular weight is 351 g/mol. The second-order valence-electron chi connectivity index (χ2n) is 5.50. The van der Waals surface area contributed by atoms with Gasteiger partial charge in [0, 0.05) is 18.9 Å². The van der Waals surface area contributed by atoms with Crippen LogP contribution in [0.1, 0.15) is 45.7 Å². The first kappa shape index (κ1) is 20.9. The highest BCUT2D eigenvalue weighted by Crippen LogP contribution is 2.22. The van der Waals surface area contributed by atoms with Crippen LogP contribution in [0.5, 0.6) is 0 Å². The minimum atomic E-state index is -1.45. The number of hydrogen-bond donors (Lipinski definition) is 3. The lowest BCUT2D eigenvalue weighted by atomic mass is 10.0. The molecule has 0 fully saturated rings. The van der Waals surface area contributed by atoms with E-state index in [0.29, 0.717) is 13.2 Å². The predicted molar refractivity (Wildman–Crippen MR) is 97.2 cm³/mol. The Morgan fingerprint density at radius 1 is 0.960 bits per heavy atom. The number of nitrogens with one attached hydrogen (secondary N) is 3. The average Bonchev–Trinajstić information content (AvgIpc) is 2.60. The van der Waals surface area contributed by atoms with Crippen molar-refractivity contribution in [1.29, 1.82) is 0 Å². The number of hydrazine groups is 1. The van der Waals surface area contributed by atoms with Crippen LogP contribution in [0.15, 0.2) is 18.2 Å². The van der Waals surface area contributed by atoms with Crippen molar-refractivity contribution >= 4 is 17.6 Å². The van der Waals surface area contributed by atoms with Crippen LogP contribution in [0.4, 0.5) is 10.5 Å². The van der Waals surface area contributed by atoms with Crippen molar-refractivity contribution in [3.8, 4) is 0 Å². The standard InChI is InChI=1S/C18H29N3O4/c1-6-13-11-10-12-14(7-2)15(13)19-17(23)21-20-16(22)18(5,24-8-3)25-9-4/h10-12H,6-9H2,1-5H3,(H,20,22)(H2,19,21,23). The van der Waals surface area contributed by atoms with Crippen molar-refractivity contribution in [2.75, 3.05) is 18.5 Å². The molecule has 0 saturated carbocycles. The zero-order valence-corrected chi connectivity index (χ0v) is 15.7. The molecule has 0 atom stereocenters. The van der Waals surface area contributed by atoms with Crippen LogP contribution in [-0.2, 0) is 27.1 Å². The van der Waals surface area contributed by atoms with Gasteiger partial charge in [-0.15, -0.1) is 0 Å². The summed E-state index contributed by atoms with van der Waals surface area (Å²) in [6.45, 7) is 9.69. The lowest BCUT2D eigenvalue weighted by Crippen LogP contribution is -2.55. The highest BCUT2D eigenvalue weighted by molar-refractivity contribution is 5.93. The van der Waals surface area contributed by atoms with Crippen LogP contribution < -0.4 is 16.2 Å². The van der Waals surface area contributed by atoms with E-state index in [1.54, 1.807) is 13.8 Å². The van der Waals surface area contributed by atoms with Gasteiger partial charge in [0.15, 0.2) is 0 Å². The largest absolute Gasteiger partial charge is 0.343 e. The van der Waals surface area contributed by atoms with E-state index in [1.807, 2.05) is 32.0 Å². The van der Waals surface area contributed by atoms with Crippen LogP contribution in [0.3, 0.4) is 0 Å². The number of rotatable bonds is 8. The van der Waals surface area contributed by atoms with Gasteiger partial charge >= 0.3 is 6.03 Å². The summed E-state index contributed by atoms with van der Waals surface area (Å²) >= 11 is 0. The molecule has 0 unspecified atom stereocenters. The fourth-order valence-electron chi connectivity index (χ4n) is 2.50. The van der Waals surface area contributed by atoms with Gasteiger partial charge in [-0.05, 0) is 44.7 Å². The molecule has 1 aromatic rings. The fraction of sp³-hybridized carbons (Fsp3) is 0.556. The number of carbonyl (C=O) groups excluding carboxylic acids is 2. The summed E-state index contributed by atoms with van der Waals surface area (Å²) in [6.07, 6.45) is 1.59. The third-order valence-electron chi connectivity index (χ3n) is 3.78. The number of urea groups is 1. The van der Waals surface area contributed by atoms with Gasteiger partial charge in [-0.3, -0.25) is 10.2 Å². The molecule has 0 aliphatic carbocycles. The Balaban J connectivity index is 2.73. The minimum Gasteiger partial charge on any atom is -0.343 e. The number of anilines is 1. The molecule has 3 amide bonds. The third-order valence-corrected chi connectivity index (χ3v) is 3.78. The maximum atomic E-state index is 12.2. The molecule has 7 heteroatoms. The first-order valence-corrected chi connectivity index (χ1v) is 8.67. The molecule has 3 N–H and O–H groups in total. The second-order valence-corrected chi connectivity index (χ2v) is 5.50. The Bertz CT molecular complexity index is 561. The van der Waals surface area contributed by atoms with Gasteiger partial charge < -0.3 is 14.8 Å². The first-order valence-electron chi connectivity index (χ1n) is 8.67. The summed E-state index contributed by atoms with van der Waals surface area (Å²) in [5.41, 5.74) is 7.53. The smallest absolute Gasteiger partial charge is 0.337 e. The molecule has 0 heterocycles. The zero-order valence-electron chi connectivity index (χ0n) is 15.7. The van der Waals surface area contributed by atoms with Gasteiger partial charge in [0.2, 0.25) is 5.79 Å². The van der Waals surface area contributed by atoms with Crippen LogP contribution in [0.2, 0.25) is 0 Å². The molecule has 0 saturated heterocycles. The van der Waals surface area contributed by atoms with E-state index < -0.39 is 17.7 Å². The van der Waals surface area contributed by atoms with Gasteiger partial charge in [-0.25, -0.2) is 10.2 Å². The van der Waals surface area contributed by atoms with Crippen molar-refractivity contribution < 1.29 is 19.1 Å². The SMILES string of the molecule is CCOC(C)(OCC)C(=O)NNC(=O)Nc1c(CC)cccc1CC. The molecule has 7 nitrogen and oxygen atoms in total. The number of hydrogen-bond acceptors (Lipinski definition) is 4. The van der Waals surface area contributed by atoms with Crippen LogP contribution in [0.25, 0.3) is 0 Å². The molecule has 1 aromatic carbocycles. The quantitative estimate of drug-likeness (QED) is 0.496. The third kappa shape index (κ3) is 5.72. The Hall–Kier alpha value is -2.12. The second kappa shape index (κ2) is 10.0. The number of para-hydroxylation sites is 1. The van der Waals surface area contributed by atoms with Gasteiger partial charge in [0.1, 0.15) is 0 Å². The summed E-state index contributed by atoms with van der Waals surface area (Å²) in [6, 6.07) is 5.38. The fourth-order valence-corrected chi connectivity index (χ4v) is 2.50. The van der Waals surface area contributed by atoms with Gasteiger partial charge in [0.25, 0.3) is 5.91 Å². The number of amides is 3. The lowest BCUT2D eigenvalue weighted by Gasteiger charge is -2.27. The summed E-state index contributed by atoms with van der Waals surface area (Å²) in [5, 5.41) is 2.81. The molecule has 0 bridgehead atoms. The van der Waals surface area contributed by atoms with Crippen LogP contribution in [-0.4, -0.2) is 30.9 Å². The molecular weight excluding hydrogens is 322 g/mol. The molecule has 0 aliphatic heterocycles.